The van der Waals surface area contributed by atoms with Crippen molar-refractivity contribution >= 4 is 5.97 Å². The number of aliphatic hydroxyl groups excluding tert-OH is 1. The number of benzene rings is 1. The van der Waals surface area contributed by atoms with Gasteiger partial charge in [0.05, 0.1) is 12.5 Å². The summed E-state index contributed by atoms with van der Waals surface area (Å²) in [6.07, 6.45) is 0. The first-order valence-electron chi connectivity index (χ1n) is 6.08. The van der Waals surface area contributed by atoms with Gasteiger partial charge in [-0.3, -0.25) is 9.69 Å². The van der Waals surface area contributed by atoms with Gasteiger partial charge in [-0.05, 0) is 32.0 Å². The van der Waals surface area contributed by atoms with Crippen LogP contribution >= 0.6 is 0 Å². The molecule has 1 aromatic carbocycles. The standard InChI is InChI=1S/C14H21NO3/c1-10(9-16)15(3)8-12-4-6-13(7-5-12)11(2)14(17)18/h4-7,10-11,16H,8-9H2,1-3H3,(H,17,18). The Balaban J connectivity index is 2.69. The topological polar surface area (TPSA) is 60.8 Å². The van der Waals surface area contributed by atoms with Crippen LogP contribution in [-0.2, 0) is 11.3 Å². The molecule has 0 aliphatic rings. The predicted octanol–water partition coefficient (Wildman–Crippen LogP) is 1.69. The molecule has 0 aliphatic carbocycles. The Labute approximate surface area is 108 Å². The van der Waals surface area contributed by atoms with Gasteiger partial charge in [0, 0.05) is 12.6 Å². The summed E-state index contributed by atoms with van der Waals surface area (Å²) in [7, 11) is 1.95. The SMILES string of the molecule is CC(C(=O)O)c1ccc(CN(C)C(C)CO)cc1. The molecule has 0 spiro atoms. The Kier molecular flexibility index (Phi) is 5.31. The van der Waals surface area contributed by atoms with Gasteiger partial charge >= 0.3 is 5.97 Å². The molecule has 0 fully saturated rings. The molecule has 1 rings (SSSR count). The summed E-state index contributed by atoms with van der Waals surface area (Å²) in [5.74, 6) is -1.29. The molecule has 0 radical (unpaired) electrons. The van der Waals surface area contributed by atoms with E-state index in [0.29, 0.717) is 0 Å². The van der Waals surface area contributed by atoms with Crippen molar-refractivity contribution in [1.29, 1.82) is 0 Å². The average Bonchev–Trinajstić information content (AvgIpc) is 2.37. The lowest BCUT2D eigenvalue weighted by Crippen LogP contribution is -2.31. The lowest BCUT2D eigenvalue weighted by atomic mass is 10.00. The van der Waals surface area contributed by atoms with E-state index in [9.17, 15) is 4.79 Å². The van der Waals surface area contributed by atoms with E-state index in [2.05, 4.69) is 4.90 Å². The number of carboxylic acids is 1. The molecular weight excluding hydrogens is 230 g/mol. The molecule has 0 aliphatic heterocycles. The van der Waals surface area contributed by atoms with E-state index >= 15 is 0 Å². The van der Waals surface area contributed by atoms with E-state index < -0.39 is 11.9 Å². The van der Waals surface area contributed by atoms with Crippen LogP contribution in [0.1, 0.15) is 30.9 Å². The second kappa shape index (κ2) is 6.52. The van der Waals surface area contributed by atoms with Gasteiger partial charge in [-0.1, -0.05) is 24.3 Å². The molecule has 4 heteroatoms. The average molecular weight is 251 g/mol. The molecule has 0 bridgehead atoms. The number of rotatable bonds is 6. The van der Waals surface area contributed by atoms with Gasteiger partial charge in [0.25, 0.3) is 0 Å². The number of nitrogens with zero attached hydrogens (tertiary/aromatic N) is 1. The van der Waals surface area contributed by atoms with Crippen molar-refractivity contribution < 1.29 is 15.0 Å². The second-order valence-corrected chi connectivity index (χ2v) is 4.75. The molecule has 4 nitrogen and oxygen atoms in total. The number of aliphatic hydroxyl groups is 1. The van der Waals surface area contributed by atoms with Gasteiger partial charge < -0.3 is 10.2 Å². The van der Waals surface area contributed by atoms with Crippen LogP contribution in [0.5, 0.6) is 0 Å². The van der Waals surface area contributed by atoms with Crippen molar-refractivity contribution in [2.24, 2.45) is 0 Å². The van der Waals surface area contributed by atoms with Crippen molar-refractivity contribution in [2.75, 3.05) is 13.7 Å². The molecule has 0 saturated carbocycles. The first kappa shape index (κ1) is 14.7. The van der Waals surface area contributed by atoms with Gasteiger partial charge in [0.1, 0.15) is 0 Å². The van der Waals surface area contributed by atoms with Crippen LogP contribution in [0.25, 0.3) is 0 Å². The lowest BCUT2D eigenvalue weighted by molar-refractivity contribution is -0.138. The first-order valence-corrected chi connectivity index (χ1v) is 6.08. The lowest BCUT2D eigenvalue weighted by Gasteiger charge is -2.22. The van der Waals surface area contributed by atoms with Crippen LogP contribution < -0.4 is 0 Å². The summed E-state index contributed by atoms with van der Waals surface area (Å²) in [6, 6.07) is 7.70. The fraction of sp³-hybridized carbons (Fsp3) is 0.500. The van der Waals surface area contributed by atoms with E-state index in [0.717, 1.165) is 17.7 Å². The molecule has 100 valence electrons. The Morgan fingerprint density at radius 2 is 1.83 bits per heavy atom. The molecule has 2 atom stereocenters. The van der Waals surface area contributed by atoms with Crippen LogP contribution in [0.3, 0.4) is 0 Å². The molecule has 2 N–H and O–H groups in total. The minimum absolute atomic E-state index is 0.114. The fourth-order valence-electron chi connectivity index (χ4n) is 1.64. The number of hydrogen-bond acceptors (Lipinski definition) is 3. The molecule has 0 aromatic heterocycles. The van der Waals surface area contributed by atoms with E-state index in [1.165, 1.54) is 0 Å². The van der Waals surface area contributed by atoms with Gasteiger partial charge in [-0.15, -0.1) is 0 Å². The zero-order chi connectivity index (χ0) is 13.7. The molecule has 1 aromatic rings. The Hall–Kier alpha value is -1.39. The smallest absolute Gasteiger partial charge is 0.310 e. The van der Waals surface area contributed by atoms with Crippen molar-refractivity contribution in [3.63, 3.8) is 0 Å². The van der Waals surface area contributed by atoms with Crippen molar-refractivity contribution in [3.05, 3.63) is 35.4 Å². The Morgan fingerprint density at radius 3 is 2.28 bits per heavy atom. The number of likely N-dealkylation sites (N-methyl/N-ethyl adjacent to an activating group) is 1. The summed E-state index contributed by atoms with van der Waals surface area (Å²) in [4.78, 5) is 12.9. The Morgan fingerprint density at radius 1 is 1.28 bits per heavy atom. The van der Waals surface area contributed by atoms with E-state index in [1.807, 2.05) is 38.2 Å². The highest BCUT2D eigenvalue weighted by molar-refractivity contribution is 5.75. The number of hydrogen-bond donors (Lipinski definition) is 2. The summed E-state index contributed by atoms with van der Waals surface area (Å²) < 4.78 is 0. The quantitative estimate of drug-likeness (QED) is 0.807. The summed E-state index contributed by atoms with van der Waals surface area (Å²) in [6.45, 7) is 4.51. The van der Waals surface area contributed by atoms with Crippen molar-refractivity contribution in [1.82, 2.24) is 4.90 Å². The third-order valence-corrected chi connectivity index (χ3v) is 3.30. The minimum atomic E-state index is -0.811. The third-order valence-electron chi connectivity index (χ3n) is 3.30. The number of carboxylic acid groups (broad SMARTS) is 1. The van der Waals surface area contributed by atoms with Gasteiger partial charge in [0.15, 0.2) is 0 Å². The van der Waals surface area contributed by atoms with Crippen molar-refractivity contribution in [2.45, 2.75) is 32.4 Å². The van der Waals surface area contributed by atoms with Crippen LogP contribution in [-0.4, -0.2) is 40.8 Å². The van der Waals surface area contributed by atoms with E-state index in [-0.39, 0.29) is 12.6 Å². The molecule has 0 amide bonds. The largest absolute Gasteiger partial charge is 0.481 e. The third kappa shape index (κ3) is 3.82. The van der Waals surface area contributed by atoms with Crippen LogP contribution in [0.15, 0.2) is 24.3 Å². The summed E-state index contributed by atoms with van der Waals surface area (Å²) in [5.41, 5.74) is 1.92. The van der Waals surface area contributed by atoms with Crippen molar-refractivity contribution in [3.8, 4) is 0 Å². The number of carbonyl (C=O) groups is 1. The molecule has 0 saturated heterocycles. The minimum Gasteiger partial charge on any atom is -0.481 e. The predicted molar refractivity (Wildman–Crippen MR) is 70.5 cm³/mol. The first-order chi connectivity index (χ1) is 8.45. The molecule has 2 unspecified atom stereocenters. The van der Waals surface area contributed by atoms with E-state index in [4.69, 9.17) is 10.2 Å². The van der Waals surface area contributed by atoms with E-state index in [1.54, 1.807) is 6.92 Å². The zero-order valence-electron chi connectivity index (χ0n) is 11.1. The molecular formula is C14H21NO3. The second-order valence-electron chi connectivity index (χ2n) is 4.75. The highest BCUT2D eigenvalue weighted by Crippen LogP contribution is 2.17. The van der Waals surface area contributed by atoms with Crippen LogP contribution in [0.2, 0.25) is 0 Å². The highest BCUT2D eigenvalue weighted by atomic mass is 16.4. The molecule has 18 heavy (non-hydrogen) atoms. The molecule has 0 heterocycles. The Bertz CT molecular complexity index is 389. The fourth-order valence-corrected chi connectivity index (χ4v) is 1.64. The summed E-state index contributed by atoms with van der Waals surface area (Å²) >= 11 is 0. The van der Waals surface area contributed by atoms with Gasteiger partial charge in [-0.25, -0.2) is 0 Å². The normalized spacial score (nSPS) is 14.5. The number of aliphatic carboxylic acids is 1. The van der Waals surface area contributed by atoms with Crippen LogP contribution in [0, 0.1) is 0 Å². The zero-order valence-corrected chi connectivity index (χ0v) is 11.1. The van der Waals surface area contributed by atoms with Gasteiger partial charge in [-0.2, -0.15) is 0 Å². The van der Waals surface area contributed by atoms with Gasteiger partial charge in [0.2, 0.25) is 0 Å². The monoisotopic (exact) mass is 251 g/mol. The van der Waals surface area contributed by atoms with Crippen LogP contribution in [0.4, 0.5) is 0 Å². The maximum absolute atomic E-state index is 10.9. The maximum atomic E-state index is 10.9. The summed E-state index contributed by atoms with van der Waals surface area (Å²) in [5, 5.41) is 18.0. The maximum Gasteiger partial charge on any atom is 0.310 e. The highest BCUT2D eigenvalue weighted by Gasteiger charge is 2.13.